The van der Waals surface area contributed by atoms with Crippen LogP contribution in [0, 0.1) is 0 Å². The average Bonchev–Trinajstić information content (AvgIpc) is 2.49. The van der Waals surface area contributed by atoms with Crippen LogP contribution in [0.5, 0.6) is 0 Å². The molecule has 2 unspecified atom stereocenters. The van der Waals surface area contributed by atoms with Gasteiger partial charge in [0.05, 0.1) is 16.2 Å². The third kappa shape index (κ3) is 20.1. The molecule has 1 N–H and O–H groups in total. The molecule has 0 bridgehead atoms. The SMILES string of the molecule is CCC(CCCCCCCCCCCCCCC(C)O)S(=O)(=O)[O-].[K+]. The molecule has 4 nitrogen and oxygen atoms in total. The number of aliphatic hydroxyl groups is 1. The summed E-state index contributed by atoms with van der Waals surface area (Å²) in [6.07, 6.45) is 16.1. The number of hydrogen-bond donors (Lipinski definition) is 1. The fraction of sp³-hybridized carbons (Fsp3) is 1.00. The van der Waals surface area contributed by atoms with Gasteiger partial charge in [0.25, 0.3) is 0 Å². The second kappa shape index (κ2) is 18.9. The summed E-state index contributed by atoms with van der Waals surface area (Å²) in [5.74, 6) is 0. The van der Waals surface area contributed by atoms with Gasteiger partial charge in [0, 0.05) is 5.25 Å². The van der Waals surface area contributed by atoms with Gasteiger partial charge in [0.2, 0.25) is 0 Å². The molecule has 25 heavy (non-hydrogen) atoms. The molecule has 0 amide bonds. The first-order valence-corrected chi connectivity index (χ1v) is 11.5. The van der Waals surface area contributed by atoms with E-state index in [9.17, 15) is 13.0 Å². The molecule has 0 aliphatic heterocycles. The first kappa shape index (κ1) is 28.7. The number of unbranched alkanes of at least 4 members (excludes halogenated alkanes) is 11. The van der Waals surface area contributed by atoms with Crippen LogP contribution in [0.3, 0.4) is 0 Å². The van der Waals surface area contributed by atoms with Crippen molar-refractivity contribution in [2.45, 2.75) is 122 Å². The Labute approximate surface area is 199 Å². The molecule has 0 saturated heterocycles. The molecule has 146 valence electrons. The Bertz CT molecular complexity index is 372. The summed E-state index contributed by atoms with van der Waals surface area (Å²) in [6.45, 7) is 3.63. The minimum absolute atomic E-state index is 0. The van der Waals surface area contributed by atoms with E-state index >= 15 is 0 Å². The van der Waals surface area contributed by atoms with E-state index in [2.05, 4.69) is 0 Å². The molecule has 0 aliphatic carbocycles. The van der Waals surface area contributed by atoms with E-state index in [0.29, 0.717) is 12.8 Å². The fourth-order valence-corrected chi connectivity index (χ4v) is 4.00. The molecule has 0 radical (unpaired) electrons. The van der Waals surface area contributed by atoms with Crippen molar-refractivity contribution in [1.29, 1.82) is 0 Å². The summed E-state index contributed by atoms with van der Waals surface area (Å²) >= 11 is 0. The number of aliphatic hydroxyl groups excluding tert-OH is 1. The Balaban J connectivity index is 0. The van der Waals surface area contributed by atoms with Crippen LogP contribution in [-0.4, -0.2) is 29.4 Å². The molecule has 0 aliphatic rings. The van der Waals surface area contributed by atoms with Gasteiger partial charge in [-0.2, -0.15) is 0 Å². The van der Waals surface area contributed by atoms with Crippen molar-refractivity contribution in [2.24, 2.45) is 0 Å². The average molecular weight is 403 g/mol. The van der Waals surface area contributed by atoms with Gasteiger partial charge in [-0.25, -0.2) is 8.42 Å². The van der Waals surface area contributed by atoms with E-state index < -0.39 is 15.4 Å². The normalized spacial score (nSPS) is 14.1. The quantitative estimate of drug-likeness (QED) is 0.230. The van der Waals surface area contributed by atoms with Gasteiger partial charge in [-0.15, -0.1) is 0 Å². The zero-order chi connectivity index (χ0) is 18.3. The molecule has 2 atom stereocenters. The van der Waals surface area contributed by atoms with Crippen molar-refractivity contribution in [3.8, 4) is 0 Å². The van der Waals surface area contributed by atoms with Gasteiger partial charge in [-0.3, -0.25) is 0 Å². The largest absolute Gasteiger partial charge is 1.00 e. The third-order valence-corrected chi connectivity index (χ3v) is 6.15. The molecular weight excluding hydrogens is 363 g/mol. The zero-order valence-corrected chi connectivity index (χ0v) is 20.8. The Hall–Kier alpha value is 1.51. The van der Waals surface area contributed by atoms with Crippen molar-refractivity contribution in [1.82, 2.24) is 0 Å². The molecular formula is C19H39KO4S. The van der Waals surface area contributed by atoms with E-state index in [1.807, 2.05) is 6.92 Å². The van der Waals surface area contributed by atoms with E-state index in [1.54, 1.807) is 6.92 Å². The predicted molar refractivity (Wildman–Crippen MR) is 100 cm³/mol. The van der Waals surface area contributed by atoms with Crippen molar-refractivity contribution in [2.75, 3.05) is 0 Å². The molecule has 0 aromatic heterocycles. The smallest absolute Gasteiger partial charge is 0.748 e. The van der Waals surface area contributed by atoms with Crippen LogP contribution in [0.1, 0.15) is 110 Å². The van der Waals surface area contributed by atoms with Crippen LogP contribution in [0.25, 0.3) is 0 Å². The Morgan fingerprint density at radius 2 is 1.08 bits per heavy atom. The fourth-order valence-electron chi connectivity index (χ4n) is 3.13. The summed E-state index contributed by atoms with van der Waals surface area (Å²) in [4.78, 5) is 0. The van der Waals surface area contributed by atoms with Crippen molar-refractivity contribution in [3.63, 3.8) is 0 Å². The second-order valence-corrected chi connectivity index (χ2v) is 8.84. The van der Waals surface area contributed by atoms with Crippen LogP contribution in [0.15, 0.2) is 0 Å². The minimum Gasteiger partial charge on any atom is -0.748 e. The molecule has 0 aromatic carbocycles. The summed E-state index contributed by atoms with van der Waals surface area (Å²) in [5.41, 5.74) is 0. The van der Waals surface area contributed by atoms with Crippen LogP contribution in [0.4, 0.5) is 0 Å². The van der Waals surface area contributed by atoms with Crippen LogP contribution < -0.4 is 51.4 Å². The van der Waals surface area contributed by atoms with Crippen LogP contribution in [0.2, 0.25) is 0 Å². The van der Waals surface area contributed by atoms with Crippen molar-refractivity contribution in [3.05, 3.63) is 0 Å². The minimum atomic E-state index is -4.10. The van der Waals surface area contributed by atoms with Gasteiger partial charge < -0.3 is 9.66 Å². The number of hydrogen-bond acceptors (Lipinski definition) is 4. The van der Waals surface area contributed by atoms with Gasteiger partial charge in [0.1, 0.15) is 0 Å². The molecule has 0 aromatic rings. The van der Waals surface area contributed by atoms with E-state index in [1.165, 1.54) is 51.4 Å². The molecule has 0 rings (SSSR count). The van der Waals surface area contributed by atoms with Gasteiger partial charge in [0.15, 0.2) is 0 Å². The molecule has 6 heteroatoms. The third-order valence-electron chi connectivity index (χ3n) is 4.76. The molecule has 0 fully saturated rings. The Kier molecular flexibility index (Phi) is 21.7. The Morgan fingerprint density at radius 3 is 1.36 bits per heavy atom. The monoisotopic (exact) mass is 402 g/mol. The standard InChI is InChI=1S/C19H40O4S.K/c1-3-19(24(21,22)23)17-15-13-11-9-7-5-4-6-8-10-12-14-16-18(2)20;/h18-20H,3-17H2,1-2H3,(H,21,22,23);/q;+1/p-1. The summed E-state index contributed by atoms with van der Waals surface area (Å²) in [6, 6.07) is 0. The first-order chi connectivity index (χ1) is 11.4. The van der Waals surface area contributed by atoms with Crippen LogP contribution >= 0.6 is 0 Å². The summed E-state index contributed by atoms with van der Waals surface area (Å²) < 4.78 is 32.9. The predicted octanol–water partition coefficient (Wildman–Crippen LogP) is 2.16. The summed E-state index contributed by atoms with van der Waals surface area (Å²) in [5, 5.41) is 8.48. The first-order valence-electron chi connectivity index (χ1n) is 10.0. The van der Waals surface area contributed by atoms with Crippen molar-refractivity contribution >= 4 is 10.1 Å². The second-order valence-electron chi connectivity index (χ2n) is 7.19. The van der Waals surface area contributed by atoms with Crippen LogP contribution in [-0.2, 0) is 10.1 Å². The van der Waals surface area contributed by atoms with Gasteiger partial charge >= 0.3 is 51.4 Å². The zero-order valence-electron chi connectivity index (χ0n) is 16.8. The van der Waals surface area contributed by atoms with E-state index in [-0.39, 0.29) is 57.5 Å². The van der Waals surface area contributed by atoms with Gasteiger partial charge in [-0.1, -0.05) is 84.0 Å². The molecule has 0 spiro atoms. The van der Waals surface area contributed by atoms with Crippen molar-refractivity contribution < 1.29 is 69.5 Å². The molecule has 0 heterocycles. The Morgan fingerprint density at radius 1 is 0.760 bits per heavy atom. The topological polar surface area (TPSA) is 77.4 Å². The number of rotatable bonds is 17. The van der Waals surface area contributed by atoms with Gasteiger partial charge in [-0.05, 0) is 26.2 Å². The molecule has 0 saturated carbocycles. The van der Waals surface area contributed by atoms with E-state index in [0.717, 1.165) is 32.1 Å². The summed E-state index contributed by atoms with van der Waals surface area (Å²) in [7, 11) is -4.10. The maximum absolute atomic E-state index is 11.0. The maximum atomic E-state index is 11.0. The maximum Gasteiger partial charge on any atom is 1.00 e. The van der Waals surface area contributed by atoms with E-state index in [4.69, 9.17) is 5.11 Å².